The molecule has 1 atom stereocenters. The summed E-state index contributed by atoms with van der Waals surface area (Å²) in [6.07, 6.45) is 0. The van der Waals surface area contributed by atoms with Crippen molar-refractivity contribution in [2.45, 2.75) is 30.8 Å². The Kier molecular flexibility index (Phi) is 8.05. The number of carbonyl (C=O) groups excluding carboxylic acids is 1. The van der Waals surface area contributed by atoms with Crippen LogP contribution < -0.4 is 10.1 Å². The van der Waals surface area contributed by atoms with Gasteiger partial charge >= 0.3 is 0 Å². The standard InChI is InChI=1S/C26H24ClFN4O2S/c1-17-8-11-20(27)14-23(17)32-25(18(2)29-24(33)15-34-22-6-4-3-5-7-22)30-31-26(32)35-16-19-9-12-21(28)13-10-19/h3-14,18H,15-16H2,1-2H3,(H,29,33). The van der Waals surface area contributed by atoms with Gasteiger partial charge in [0.2, 0.25) is 0 Å². The molecule has 1 amide bonds. The fourth-order valence-corrected chi connectivity index (χ4v) is 4.52. The van der Waals surface area contributed by atoms with Crippen LogP contribution in [0.15, 0.2) is 78.0 Å². The maximum atomic E-state index is 13.3. The molecule has 0 aliphatic rings. The third-order valence-corrected chi connectivity index (χ3v) is 6.46. The average molecular weight is 511 g/mol. The summed E-state index contributed by atoms with van der Waals surface area (Å²) in [5, 5.41) is 12.9. The van der Waals surface area contributed by atoms with Gasteiger partial charge in [0.25, 0.3) is 5.91 Å². The molecule has 0 spiro atoms. The van der Waals surface area contributed by atoms with Gasteiger partial charge in [0.15, 0.2) is 17.6 Å². The Bertz CT molecular complexity index is 1300. The number of halogens is 2. The number of nitrogens with one attached hydrogen (secondary N) is 1. The Labute approximate surface area is 212 Å². The monoisotopic (exact) mass is 510 g/mol. The first kappa shape index (κ1) is 24.8. The van der Waals surface area contributed by atoms with Crippen molar-refractivity contribution >= 4 is 29.3 Å². The molecule has 3 aromatic carbocycles. The number of carbonyl (C=O) groups is 1. The number of thioether (sulfide) groups is 1. The molecule has 35 heavy (non-hydrogen) atoms. The van der Waals surface area contributed by atoms with Crippen molar-refractivity contribution in [1.82, 2.24) is 20.1 Å². The van der Waals surface area contributed by atoms with Gasteiger partial charge in [0, 0.05) is 10.8 Å². The van der Waals surface area contributed by atoms with Crippen LogP contribution in [0.2, 0.25) is 5.02 Å². The van der Waals surface area contributed by atoms with E-state index in [2.05, 4.69) is 15.5 Å². The second kappa shape index (κ2) is 11.4. The van der Waals surface area contributed by atoms with E-state index in [1.165, 1.54) is 23.9 Å². The number of benzene rings is 3. The molecular formula is C26H24ClFN4O2S. The number of rotatable bonds is 9. The number of aryl methyl sites for hydroxylation is 1. The van der Waals surface area contributed by atoms with Gasteiger partial charge in [-0.05, 0) is 61.4 Å². The third kappa shape index (κ3) is 6.41. The van der Waals surface area contributed by atoms with Crippen molar-refractivity contribution in [3.05, 3.63) is 101 Å². The quantitative estimate of drug-likeness (QED) is 0.283. The zero-order valence-corrected chi connectivity index (χ0v) is 20.8. The highest BCUT2D eigenvalue weighted by molar-refractivity contribution is 7.98. The molecule has 6 nitrogen and oxygen atoms in total. The van der Waals surface area contributed by atoms with Crippen molar-refractivity contribution in [3.8, 4) is 11.4 Å². The van der Waals surface area contributed by atoms with E-state index in [-0.39, 0.29) is 18.3 Å². The zero-order valence-electron chi connectivity index (χ0n) is 19.2. The normalized spacial score (nSPS) is 11.8. The summed E-state index contributed by atoms with van der Waals surface area (Å²) < 4.78 is 20.7. The van der Waals surface area contributed by atoms with Gasteiger partial charge < -0.3 is 10.1 Å². The van der Waals surface area contributed by atoms with Crippen LogP contribution in [0.25, 0.3) is 5.69 Å². The molecule has 0 saturated heterocycles. The van der Waals surface area contributed by atoms with Gasteiger partial charge in [-0.1, -0.05) is 59.8 Å². The minimum Gasteiger partial charge on any atom is -0.484 e. The lowest BCUT2D eigenvalue weighted by molar-refractivity contribution is -0.123. The predicted octanol–water partition coefficient (Wildman–Crippen LogP) is 5.92. The lowest BCUT2D eigenvalue weighted by atomic mass is 10.2. The van der Waals surface area contributed by atoms with E-state index in [1.807, 2.05) is 54.8 Å². The number of hydrogen-bond acceptors (Lipinski definition) is 5. The van der Waals surface area contributed by atoms with Crippen molar-refractivity contribution < 1.29 is 13.9 Å². The van der Waals surface area contributed by atoms with Crippen molar-refractivity contribution in [2.75, 3.05) is 6.61 Å². The Morgan fingerprint density at radius 3 is 2.60 bits per heavy atom. The molecular weight excluding hydrogens is 487 g/mol. The van der Waals surface area contributed by atoms with E-state index in [1.54, 1.807) is 24.3 Å². The van der Waals surface area contributed by atoms with Crippen molar-refractivity contribution in [2.24, 2.45) is 0 Å². The van der Waals surface area contributed by atoms with Crippen molar-refractivity contribution in [1.29, 1.82) is 0 Å². The number of amides is 1. The Hall–Kier alpha value is -3.36. The molecule has 0 aliphatic heterocycles. The summed E-state index contributed by atoms with van der Waals surface area (Å²) >= 11 is 7.77. The molecule has 4 rings (SSSR count). The van der Waals surface area contributed by atoms with E-state index in [9.17, 15) is 9.18 Å². The van der Waals surface area contributed by atoms with E-state index >= 15 is 0 Å². The van der Waals surface area contributed by atoms with Crippen LogP contribution in [0.3, 0.4) is 0 Å². The zero-order chi connectivity index (χ0) is 24.8. The fraction of sp³-hybridized carbons (Fsp3) is 0.192. The summed E-state index contributed by atoms with van der Waals surface area (Å²) in [4.78, 5) is 12.6. The lowest BCUT2D eigenvalue weighted by Crippen LogP contribution is -2.32. The molecule has 1 heterocycles. The summed E-state index contributed by atoms with van der Waals surface area (Å²) in [5.41, 5.74) is 2.75. The number of nitrogens with zero attached hydrogens (tertiary/aromatic N) is 3. The first-order valence-corrected chi connectivity index (χ1v) is 12.3. The fourth-order valence-electron chi connectivity index (χ4n) is 3.45. The van der Waals surface area contributed by atoms with E-state index < -0.39 is 6.04 Å². The summed E-state index contributed by atoms with van der Waals surface area (Å²) in [7, 11) is 0. The first-order chi connectivity index (χ1) is 16.9. The first-order valence-electron chi connectivity index (χ1n) is 11.0. The highest BCUT2D eigenvalue weighted by atomic mass is 35.5. The number of hydrogen-bond donors (Lipinski definition) is 1. The van der Waals surface area contributed by atoms with Crippen LogP contribution in [0, 0.1) is 12.7 Å². The smallest absolute Gasteiger partial charge is 0.258 e. The van der Waals surface area contributed by atoms with Crippen LogP contribution in [-0.2, 0) is 10.5 Å². The average Bonchev–Trinajstić information content (AvgIpc) is 3.28. The molecule has 0 fully saturated rings. The van der Waals surface area contributed by atoms with Gasteiger partial charge in [0.1, 0.15) is 11.6 Å². The highest BCUT2D eigenvalue weighted by Crippen LogP contribution is 2.30. The topological polar surface area (TPSA) is 69.0 Å². The van der Waals surface area contributed by atoms with Crippen LogP contribution in [-0.4, -0.2) is 27.3 Å². The maximum absolute atomic E-state index is 13.3. The van der Waals surface area contributed by atoms with Crippen LogP contribution in [0.5, 0.6) is 5.75 Å². The second-order valence-corrected chi connectivity index (χ2v) is 9.29. The minimum atomic E-state index is -0.451. The largest absolute Gasteiger partial charge is 0.484 e. The molecule has 0 saturated carbocycles. The number of ether oxygens (including phenoxy) is 1. The van der Waals surface area contributed by atoms with Crippen LogP contribution in [0.1, 0.15) is 29.9 Å². The van der Waals surface area contributed by atoms with Crippen LogP contribution in [0.4, 0.5) is 4.39 Å². The Balaban J connectivity index is 1.56. The summed E-state index contributed by atoms with van der Waals surface area (Å²) in [5.74, 6) is 1.19. The molecule has 0 bridgehead atoms. The summed E-state index contributed by atoms with van der Waals surface area (Å²) in [6, 6.07) is 20.6. The second-order valence-electron chi connectivity index (χ2n) is 7.91. The third-order valence-electron chi connectivity index (χ3n) is 5.23. The SMILES string of the molecule is Cc1ccc(Cl)cc1-n1c(SCc2ccc(F)cc2)nnc1C(C)NC(=O)COc1ccccc1. The molecule has 0 aliphatic carbocycles. The van der Waals surface area contributed by atoms with E-state index in [4.69, 9.17) is 16.3 Å². The molecule has 4 aromatic rings. The predicted molar refractivity (Wildman–Crippen MR) is 136 cm³/mol. The van der Waals surface area contributed by atoms with Gasteiger partial charge in [-0.25, -0.2) is 4.39 Å². The van der Waals surface area contributed by atoms with E-state index in [0.29, 0.717) is 27.5 Å². The number of aromatic nitrogens is 3. The summed E-state index contributed by atoms with van der Waals surface area (Å²) in [6.45, 7) is 3.70. The molecule has 9 heteroatoms. The minimum absolute atomic E-state index is 0.120. The van der Waals surface area contributed by atoms with Gasteiger partial charge in [0.05, 0.1) is 11.7 Å². The van der Waals surface area contributed by atoms with E-state index in [0.717, 1.165) is 16.8 Å². The molecule has 0 radical (unpaired) electrons. The number of para-hydroxylation sites is 1. The lowest BCUT2D eigenvalue weighted by Gasteiger charge is -2.18. The Morgan fingerprint density at radius 1 is 1.11 bits per heavy atom. The van der Waals surface area contributed by atoms with Gasteiger partial charge in [-0.15, -0.1) is 10.2 Å². The molecule has 180 valence electrons. The van der Waals surface area contributed by atoms with Crippen molar-refractivity contribution in [3.63, 3.8) is 0 Å². The van der Waals surface area contributed by atoms with Gasteiger partial charge in [-0.2, -0.15) is 0 Å². The Morgan fingerprint density at radius 2 is 1.86 bits per heavy atom. The van der Waals surface area contributed by atoms with Gasteiger partial charge in [-0.3, -0.25) is 9.36 Å². The molecule has 1 unspecified atom stereocenters. The maximum Gasteiger partial charge on any atom is 0.258 e. The van der Waals surface area contributed by atoms with Crippen LogP contribution >= 0.6 is 23.4 Å². The molecule has 1 N–H and O–H groups in total. The molecule has 1 aromatic heterocycles. The highest BCUT2D eigenvalue weighted by Gasteiger charge is 2.22.